The molecule has 0 aromatic heterocycles. The van der Waals surface area contributed by atoms with Crippen LogP contribution in [0.4, 0.5) is 0 Å². The fourth-order valence-electron chi connectivity index (χ4n) is 1.47. The Hall–Kier alpha value is -1.16. The van der Waals surface area contributed by atoms with Crippen LogP contribution in [0, 0.1) is 0 Å². The van der Waals surface area contributed by atoms with Crippen molar-refractivity contribution in [3.63, 3.8) is 0 Å². The highest BCUT2D eigenvalue weighted by Gasteiger charge is 2.40. The minimum absolute atomic E-state index is 0.174. The number of rotatable bonds is 0. The van der Waals surface area contributed by atoms with Crippen LogP contribution >= 0.6 is 0 Å². The molecule has 0 spiro atoms. The first-order valence-electron chi connectivity index (χ1n) is 3.92. The van der Waals surface area contributed by atoms with Crippen LogP contribution in [-0.2, 0) is 9.84 Å². The molecule has 3 nitrogen and oxygen atoms in total. The Morgan fingerprint density at radius 2 is 1.85 bits per heavy atom. The molecule has 0 fully saturated rings. The van der Waals surface area contributed by atoms with E-state index in [2.05, 4.69) is 0 Å². The molecule has 1 heterocycles. The van der Waals surface area contributed by atoms with E-state index in [9.17, 15) is 13.2 Å². The number of hydrogen-bond donors (Lipinski definition) is 0. The first kappa shape index (κ1) is 8.44. The molecule has 0 bridgehead atoms. The summed E-state index contributed by atoms with van der Waals surface area (Å²) in [5.41, 5.74) is 0.329. The standard InChI is InChI=1S/C9H8O3S/c1-6-9(10)7-4-2-3-5-8(7)13(6,11)12/h2-6H,1H3/t6-/m0/s1. The average molecular weight is 196 g/mol. The number of hydrogen-bond acceptors (Lipinski definition) is 3. The second-order valence-corrected chi connectivity index (χ2v) is 5.28. The van der Waals surface area contributed by atoms with Gasteiger partial charge in [-0.1, -0.05) is 18.2 Å². The van der Waals surface area contributed by atoms with E-state index in [1.807, 2.05) is 0 Å². The van der Waals surface area contributed by atoms with Gasteiger partial charge in [-0.2, -0.15) is 0 Å². The smallest absolute Gasteiger partial charge is 0.189 e. The van der Waals surface area contributed by atoms with Crippen molar-refractivity contribution < 1.29 is 13.2 Å². The second-order valence-electron chi connectivity index (χ2n) is 3.05. The summed E-state index contributed by atoms with van der Waals surface area (Å²) >= 11 is 0. The topological polar surface area (TPSA) is 51.2 Å². The van der Waals surface area contributed by atoms with Crippen molar-refractivity contribution in [3.05, 3.63) is 29.8 Å². The zero-order chi connectivity index (χ0) is 9.64. The Kier molecular flexibility index (Phi) is 1.57. The molecule has 68 valence electrons. The lowest BCUT2D eigenvalue weighted by molar-refractivity contribution is 0.0994. The predicted molar refractivity (Wildman–Crippen MR) is 47.4 cm³/mol. The molecule has 0 aliphatic carbocycles. The molecule has 1 atom stereocenters. The average Bonchev–Trinajstić information content (AvgIpc) is 2.30. The predicted octanol–water partition coefficient (Wildman–Crippen LogP) is 1.05. The van der Waals surface area contributed by atoms with Crippen LogP contribution in [0.1, 0.15) is 17.3 Å². The molecule has 4 heteroatoms. The summed E-state index contributed by atoms with van der Waals surface area (Å²) in [6.07, 6.45) is 0. The zero-order valence-electron chi connectivity index (χ0n) is 7.02. The van der Waals surface area contributed by atoms with Crippen LogP contribution in [-0.4, -0.2) is 19.5 Å². The Morgan fingerprint density at radius 1 is 1.23 bits per heavy atom. The summed E-state index contributed by atoms with van der Waals surface area (Å²) in [4.78, 5) is 11.6. The molecule has 1 aliphatic rings. The van der Waals surface area contributed by atoms with Gasteiger partial charge in [-0.05, 0) is 13.0 Å². The lowest BCUT2D eigenvalue weighted by atomic mass is 10.1. The van der Waals surface area contributed by atoms with E-state index in [0.29, 0.717) is 5.56 Å². The van der Waals surface area contributed by atoms with Gasteiger partial charge < -0.3 is 0 Å². The van der Waals surface area contributed by atoms with E-state index >= 15 is 0 Å². The molecule has 0 amide bonds. The first-order valence-corrected chi connectivity index (χ1v) is 5.47. The number of benzene rings is 1. The third-order valence-electron chi connectivity index (χ3n) is 2.29. The first-order chi connectivity index (χ1) is 6.05. The largest absolute Gasteiger partial charge is 0.293 e. The summed E-state index contributed by atoms with van der Waals surface area (Å²) in [6, 6.07) is 6.33. The molecule has 1 aliphatic heterocycles. The Balaban J connectivity index is 2.83. The number of sulfone groups is 1. The quantitative estimate of drug-likeness (QED) is 0.623. The SMILES string of the molecule is C[C@H]1C(=O)c2ccccc2S1(=O)=O. The van der Waals surface area contributed by atoms with Crippen molar-refractivity contribution in [2.24, 2.45) is 0 Å². The summed E-state index contributed by atoms with van der Waals surface area (Å²) in [6.45, 7) is 1.43. The molecule has 1 aromatic rings. The zero-order valence-corrected chi connectivity index (χ0v) is 7.84. The number of Topliss-reactive ketones (excluding diaryl/α,β-unsaturated/α-hetero) is 1. The summed E-state index contributed by atoms with van der Waals surface area (Å²) in [7, 11) is -3.38. The van der Waals surface area contributed by atoms with E-state index in [1.165, 1.54) is 13.0 Å². The van der Waals surface area contributed by atoms with Crippen LogP contribution < -0.4 is 0 Å². The minimum atomic E-state index is -3.38. The van der Waals surface area contributed by atoms with Gasteiger partial charge in [-0.3, -0.25) is 4.79 Å². The molecule has 0 saturated carbocycles. The fraction of sp³-hybridized carbons (Fsp3) is 0.222. The third-order valence-corrected chi connectivity index (χ3v) is 4.41. The van der Waals surface area contributed by atoms with Gasteiger partial charge >= 0.3 is 0 Å². The van der Waals surface area contributed by atoms with Gasteiger partial charge in [0.05, 0.1) is 4.90 Å². The van der Waals surface area contributed by atoms with Gasteiger partial charge in [0.15, 0.2) is 15.6 Å². The molecule has 0 N–H and O–H groups in total. The van der Waals surface area contributed by atoms with Gasteiger partial charge in [0, 0.05) is 5.56 Å². The number of ketones is 1. The van der Waals surface area contributed by atoms with Crippen LogP contribution in [0.15, 0.2) is 29.2 Å². The Morgan fingerprint density at radius 3 is 2.46 bits per heavy atom. The molecule has 0 radical (unpaired) electrons. The van der Waals surface area contributed by atoms with Crippen molar-refractivity contribution in [2.45, 2.75) is 17.1 Å². The molecule has 2 rings (SSSR count). The van der Waals surface area contributed by atoms with E-state index in [-0.39, 0.29) is 10.7 Å². The maximum Gasteiger partial charge on any atom is 0.189 e. The van der Waals surface area contributed by atoms with Crippen molar-refractivity contribution in [3.8, 4) is 0 Å². The van der Waals surface area contributed by atoms with Gasteiger partial charge in [0.25, 0.3) is 0 Å². The van der Waals surface area contributed by atoms with E-state index in [1.54, 1.807) is 18.2 Å². The normalized spacial score (nSPS) is 24.4. The molecule has 1 aromatic carbocycles. The lowest BCUT2D eigenvalue weighted by Gasteiger charge is -1.97. The van der Waals surface area contributed by atoms with Crippen LogP contribution in [0.25, 0.3) is 0 Å². The molecule has 0 saturated heterocycles. The molecular formula is C9H8O3S. The van der Waals surface area contributed by atoms with Gasteiger partial charge in [-0.15, -0.1) is 0 Å². The number of carbonyl (C=O) groups is 1. The van der Waals surface area contributed by atoms with Crippen molar-refractivity contribution in [2.75, 3.05) is 0 Å². The van der Waals surface area contributed by atoms with Gasteiger partial charge in [0.2, 0.25) is 0 Å². The van der Waals surface area contributed by atoms with Crippen LogP contribution in [0.2, 0.25) is 0 Å². The third kappa shape index (κ3) is 0.951. The maximum absolute atomic E-state index is 11.6. The number of carbonyl (C=O) groups excluding carboxylic acids is 1. The Labute approximate surface area is 76.3 Å². The van der Waals surface area contributed by atoms with E-state index in [4.69, 9.17) is 0 Å². The van der Waals surface area contributed by atoms with Crippen molar-refractivity contribution in [1.29, 1.82) is 0 Å². The monoisotopic (exact) mass is 196 g/mol. The van der Waals surface area contributed by atoms with E-state index < -0.39 is 15.1 Å². The van der Waals surface area contributed by atoms with Crippen LogP contribution in [0.5, 0.6) is 0 Å². The second kappa shape index (κ2) is 2.42. The van der Waals surface area contributed by atoms with E-state index in [0.717, 1.165) is 0 Å². The lowest BCUT2D eigenvalue weighted by Crippen LogP contribution is -2.17. The molecular weight excluding hydrogens is 188 g/mol. The highest BCUT2D eigenvalue weighted by atomic mass is 32.2. The summed E-state index contributed by atoms with van der Waals surface area (Å²) in [5, 5.41) is -0.912. The fourth-order valence-corrected chi connectivity index (χ4v) is 3.00. The van der Waals surface area contributed by atoms with Gasteiger partial charge in [-0.25, -0.2) is 8.42 Å². The van der Waals surface area contributed by atoms with Crippen molar-refractivity contribution in [1.82, 2.24) is 0 Å². The minimum Gasteiger partial charge on any atom is -0.293 e. The van der Waals surface area contributed by atoms with Gasteiger partial charge in [0.1, 0.15) is 5.25 Å². The van der Waals surface area contributed by atoms with Crippen LogP contribution in [0.3, 0.4) is 0 Å². The highest BCUT2D eigenvalue weighted by Crippen LogP contribution is 2.30. The maximum atomic E-state index is 11.6. The molecule has 0 unspecified atom stereocenters. The molecule has 13 heavy (non-hydrogen) atoms. The Bertz CT molecular complexity index is 473. The van der Waals surface area contributed by atoms with Crippen molar-refractivity contribution >= 4 is 15.6 Å². The number of fused-ring (bicyclic) bond motifs is 1. The summed E-state index contributed by atoms with van der Waals surface area (Å²) < 4.78 is 23.1. The highest BCUT2D eigenvalue weighted by molar-refractivity contribution is 7.93. The summed E-state index contributed by atoms with van der Waals surface area (Å²) in [5.74, 6) is -0.296.